The van der Waals surface area contributed by atoms with Gasteiger partial charge in [-0.1, -0.05) is 45.0 Å². The largest absolute Gasteiger partial charge is 0.496 e. The van der Waals surface area contributed by atoms with Crippen LogP contribution in [0.4, 0.5) is 0 Å². The fourth-order valence-corrected chi connectivity index (χ4v) is 3.74. The van der Waals surface area contributed by atoms with E-state index < -0.39 is 0 Å². The number of hydrogen-bond acceptors (Lipinski definition) is 5. The average molecular weight is 448 g/mol. The number of carbonyl (C=O) groups is 1. The summed E-state index contributed by atoms with van der Waals surface area (Å²) in [7, 11) is 1.61. The van der Waals surface area contributed by atoms with Gasteiger partial charge in [-0.2, -0.15) is 0 Å². The molecule has 0 atom stereocenters. The summed E-state index contributed by atoms with van der Waals surface area (Å²) < 4.78 is 22.4. The summed E-state index contributed by atoms with van der Waals surface area (Å²) in [6, 6.07) is 19.0. The Kier molecular flexibility index (Phi) is 6.45. The molecule has 0 aromatic heterocycles. The van der Waals surface area contributed by atoms with E-state index in [1.165, 1.54) is 0 Å². The Labute approximate surface area is 194 Å². The van der Waals surface area contributed by atoms with Gasteiger partial charge in [0.2, 0.25) is 6.79 Å². The summed E-state index contributed by atoms with van der Waals surface area (Å²) >= 11 is 0. The molecule has 3 aromatic rings. The second-order valence-electron chi connectivity index (χ2n) is 8.93. The fraction of sp³-hybridized carbons (Fsp3) is 0.296. The molecule has 0 unspecified atom stereocenters. The number of para-hydroxylation sites is 1. The molecule has 172 valence electrons. The predicted octanol–water partition coefficient (Wildman–Crippen LogP) is 5.23. The zero-order valence-corrected chi connectivity index (χ0v) is 19.4. The van der Waals surface area contributed by atoms with Gasteiger partial charge in [-0.15, -0.1) is 0 Å². The lowest BCUT2D eigenvalue weighted by Crippen LogP contribution is -2.23. The number of amides is 1. The van der Waals surface area contributed by atoms with E-state index in [-0.39, 0.29) is 18.1 Å². The summed E-state index contributed by atoms with van der Waals surface area (Å²) in [5.41, 5.74) is 3.36. The zero-order valence-electron chi connectivity index (χ0n) is 19.4. The number of benzene rings is 3. The molecule has 1 amide bonds. The molecule has 0 bridgehead atoms. The number of hydrogen-bond donors (Lipinski definition) is 1. The number of methoxy groups -OCH3 is 1. The van der Waals surface area contributed by atoms with Crippen molar-refractivity contribution in [3.05, 3.63) is 82.9 Å². The van der Waals surface area contributed by atoms with Gasteiger partial charge >= 0.3 is 0 Å². The number of nitrogens with one attached hydrogen (secondary N) is 1. The molecular formula is C27H29NO5. The topological polar surface area (TPSA) is 66.0 Å². The van der Waals surface area contributed by atoms with Gasteiger partial charge in [-0.3, -0.25) is 4.79 Å². The molecule has 0 radical (unpaired) electrons. The Morgan fingerprint density at radius 2 is 1.76 bits per heavy atom. The van der Waals surface area contributed by atoms with E-state index in [2.05, 4.69) is 32.2 Å². The van der Waals surface area contributed by atoms with Crippen molar-refractivity contribution in [2.75, 3.05) is 13.9 Å². The van der Waals surface area contributed by atoms with E-state index in [0.717, 1.165) is 28.2 Å². The van der Waals surface area contributed by atoms with Crippen molar-refractivity contribution in [1.82, 2.24) is 5.32 Å². The smallest absolute Gasteiger partial charge is 0.251 e. The van der Waals surface area contributed by atoms with Crippen molar-refractivity contribution >= 4 is 5.91 Å². The van der Waals surface area contributed by atoms with Gasteiger partial charge in [-0.05, 0) is 52.9 Å². The van der Waals surface area contributed by atoms with Crippen molar-refractivity contribution in [3.63, 3.8) is 0 Å². The van der Waals surface area contributed by atoms with Crippen LogP contribution in [0.2, 0.25) is 0 Å². The molecule has 0 saturated carbocycles. The summed E-state index contributed by atoms with van der Waals surface area (Å²) in [5, 5.41) is 2.96. The highest BCUT2D eigenvalue weighted by atomic mass is 16.7. The number of ether oxygens (including phenoxy) is 4. The monoisotopic (exact) mass is 447 g/mol. The third-order valence-electron chi connectivity index (χ3n) is 5.51. The molecule has 0 aliphatic carbocycles. The van der Waals surface area contributed by atoms with Crippen LogP contribution in [-0.4, -0.2) is 19.8 Å². The Hall–Kier alpha value is -3.67. The molecule has 1 aliphatic heterocycles. The highest BCUT2D eigenvalue weighted by Crippen LogP contribution is 2.33. The molecule has 1 N–H and O–H groups in total. The third-order valence-corrected chi connectivity index (χ3v) is 5.51. The van der Waals surface area contributed by atoms with E-state index in [9.17, 15) is 4.79 Å². The molecule has 6 heteroatoms. The Morgan fingerprint density at radius 1 is 0.970 bits per heavy atom. The van der Waals surface area contributed by atoms with Crippen LogP contribution in [0.3, 0.4) is 0 Å². The van der Waals surface area contributed by atoms with Crippen LogP contribution in [0, 0.1) is 0 Å². The van der Waals surface area contributed by atoms with E-state index in [1.807, 2.05) is 42.5 Å². The first kappa shape index (κ1) is 22.5. The Morgan fingerprint density at radius 3 is 2.55 bits per heavy atom. The van der Waals surface area contributed by atoms with Gasteiger partial charge in [0.25, 0.3) is 5.91 Å². The minimum atomic E-state index is -0.174. The molecule has 1 heterocycles. The predicted molar refractivity (Wildman–Crippen MR) is 126 cm³/mol. The number of carbonyl (C=O) groups excluding carboxylic acids is 1. The van der Waals surface area contributed by atoms with E-state index in [4.69, 9.17) is 18.9 Å². The number of rotatable bonds is 7. The average Bonchev–Trinajstić information content (AvgIpc) is 3.28. The van der Waals surface area contributed by atoms with Crippen LogP contribution in [-0.2, 0) is 18.6 Å². The van der Waals surface area contributed by atoms with Gasteiger partial charge in [0.05, 0.1) is 7.11 Å². The normalized spacial score (nSPS) is 12.4. The number of fused-ring (bicyclic) bond motifs is 1. The maximum atomic E-state index is 12.8. The summed E-state index contributed by atoms with van der Waals surface area (Å²) in [6.07, 6.45) is 0. The SMILES string of the molecule is COc1ccc(C(=O)NCc2ccc3c(c2)OCO3)cc1COc1ccccc1C(C)(C)C. The summed E-state index contributed by atoms with van der Waals surface area (Å²) in [5.74, 6) is 2.74. The Balaban J connectivity index is 1.46. The molecule has 6 nitrogen and oxygen atoms in total. The lowest BCUT2D eigenvalue weighted by atomic mass is 9.86. The fourth-order valence-electron chi connectivity index (χ4n) is 3.74. The maximum Gasteiger partial charge on any atom is 0.251 e. The first-order valence-corrected chi connectivity index (χ1v) is 10.9. The summed E-state index contributed by atoms with van der Waals surface area (Å²) in [6.45, 7) is 7.36. The van der Waals surface area contributed by atoms with Crippen LogP contribution in [0.1, 0.15) is 47.8 Å². The van der Waals surface area contributed by atoms with Crippen molar-refractivity contribution in [3.8, 4) is 23.0 Å². The minimum absolute atomic E-state index is 0.0445. The highest BCUT2D eigenvalue weighted by Gasteiger charge is 2.19. The van der Waals surface area contributed by atoms with Gasteiger partial charge in [-0.25, -0.2) is 0 Å². The molecule has 1 aliphatic rings. The third kappa shape index (κ3) is 5.22. The van der Waals surface area contributed by atoms with Crippen molar-refractivity contribution in [2.45, 2.75) is 39.3 Å². The Bertz CT molecular complexity index is 1150. The quantitative estimate of drug-likeness (QED) is 0.537. The van der Waals surface area contributed by atoms with Crippen LogP contribution in [0.5, 0.6) is 23.0 Å². The molecule has 3 aromatic carbocycles. The molecular weight excluding hydrogens is 418 g/mol. The first-order chi connectivity index (χ1) is 15.8. The standard InChI is InChI=1S/C27H29NO5/c1-27(2,3)21-7-5-6-8-23(21)31-16-20-14-19(10-12-22(20)30-4)26(29)28-15-18-9-11-24-25(13-18)33-17-32-24/h5-14H,15-17H2,1-4H3,(H,28,29). The highest BCUT2D eigenvalue weighted by molar-refractivity contribution is 5.94. The van der Waals surface area contributed by atoms with Crippen LogP contribution in [0.25, 0.3) is 0 Å². The van der Waals surface area contributed by atoms with Gasteiger partial charge in [0.1, 0.15) is 18.1 Å². The zero-order chi connectivity index (χ0) is 23.4. The maximum absolute atomic E-state index is 12.8. The van der Waals surface area contributed by atoms with Gasteiger partial charge in [0, 0.05) is 17.7 Å². The van der Waals surface area contributed by atoms with E-state index in [1.54, 1.807) is 19.2 Å². The van der Waals surface area contributed by atoms with Gasteiger partial charge in [0.15, 0.2) is 11.5 Å². The molecule has 33 heavy (non-hydrogen) atoms. The molecule has 0 fully saturated rings. The minimum Gasteiger partial charge on any atom is -0.496 e. The van der Waals surface area contributed by atoms with Crippen LogP contribution in [0.15, 0.2) is 60.7 Å². The van der Waals surface area contributed by atoms with Crippen molar-refractivity contribution in [1.29, 1.82) is 0 Å². The molecule has 0 saturated heterocycles. The van der Waals surface area contributed by atoms with Gasteiger partial charge < -0.3 is 24.3 Å². The van der Waals surface area contributed by atoms with Crippen LogP contribution < -0.4 is 24.3 Å². The second-order valence-corrected chi connectivity index (χ2v) is 8.93. The van der Waals surface area contributed by atoms with Crippen molar-refractivity contribution in [2.24, 2.45) is 0 Å². The lowest BCUT2D eigenvalue weighted by Gasteiger charge is -2.23. The summed E-state index contributed by atoms with van der Waals surface area (Å²) in [4.78, 5) is 12.8. The van der Waals surface area contributed by atoms with Crippen LogP contribution >= 0.6 is 0 Å². The molecule has 4 rings (SSSR count). The van der Waals surface area contributed by atoms with E-state index in [0.29, 0.717) is 30.2 Å². The van der Waals surface area contributed by atoms with E-state index >= 15 is 0 Å². The first-order valence-electron chi connectivity index (χ1n) is 10.9. The lowest BCUT2D eigenvalue weighted by molar-refractivity contribution is 0.0950. The second kappa shape index (κ2) is 9.45. The van der Waals surface area contributed by atoms with Crippen molar-refractivity contribution < 1.29 is 23.7 Å². The molecule has 0 spiro atoms.